The molecule has 0 saturated carbocycles. The predicted octanol–water partition coefficient (Wildman–Crippen LogP) is 3.80. The van der Waals surface area contributed by atoms with Crippen LogP contribution >= 0.6 is 11.6 Å². The fourth-order valence-electron chi connectivity index (χ4n) is 2.39. The van der Waals surface area contributed by atoms with Gasteiger partial charge in [0.1, 0.15) is 11.5 Å². The Morgan fingerprint density at radius 3 is 2.77 bits per heavy atom. The summed E-state index contributed by atoms with van der Waals surface area (Å²) in [4.78, 5) is 12.4. The number of carbonyl (C=O) groups is 1. The lowest BCUT2D eigenvalue weighted by Gasteiger charge is -2.08. The summed E-state index contributed by atoms with van der Waals surface area (Å²) >= 11 is 6.08. The predicted molar refractivity (Wildman–Crippen MR) is 101 cm³/mol. The first-order valence-corrected chi connectivity index (χ1v) is 9.75. The molecule has 0 aliphatic rings. The van der Waals surface area contributed by atoms with E-state index in [1.807, 2.05) is 0 Å². The first-order chi connectivity index (χ1) is 12.4. The first-order valence-electron chi connectivity index (χ1n) is 7.64. The minimum atomic E-state index is -1.05. The number of carbonyl (C=O) groups excluding carboxylic acids is 1. The van der Waals surface area contributed by atoms with E-state index in [-0.39, 0.29) is 11.4 Å². The second-order valence-electron chi connectivity index (χ2n) is 5.57. The molecule has 3 aromatic rings. The number of hydrogen-bond acceptors (Lipinski definition) is 3. The molecule has 0 spiro atoms. The molecule has 1 amide bonds. The zero-order valence-electron chi connectivity index (χ0n) is 13.8. The van der Waals surface area contributed by atoms with Crippen LogP contribution in [0.2, 0.25) is 5.02 Å². The van der Waals surface area contributed by atoms with Crippen molar-refractivity contribution in [3.63, 3.8) is 0 Å². The molecule has 0 aliphatic heterocycles. The van der Waals surface area contributed by atoms with Crippen LogP contribution in [0.15, 0.2) is 54.7 Å². The number of nitrogens with zero attached hydrogens (tertiary/aromatic N) is 2. The Kier molecular flexibility index (Phi) is 5.49. The van der Waals surface area contributed by atoms with Gasteiger partial charge < -0.3 is 5.32 Å². The van der Waals surface area contributed by atoms with Crippen molar-refractivity contribution in [1.82, 2.24) is 9.78 Å². The van der Waals surface area contributed by atoms with Crippen molar-refractivity contribution in [1.29, 1.82) is 0 Å². The molecule has 1 heterocycles. The molecular formula is C18H15ClFN3O2S. The summed E-state index contributed by atoms with van der Waals surface area (Å²) < 4.78 is 26.5. The lowest BCUT2D eigenvalue weighted by molar-refractivity contribution is 0.102. The van der Waals surface area contributed by atoms with E-state index in [2.05, 4.69) is 10.4 Å². The van der Waals surface area contributed by atoms with Crippen LogP contribution in [0.4, 0.5) is 10.1 Å². The third-order valence-corrected chi connectivity index (χ3v) is 4.67. The second kappa shape index (κ2) is 7.80. The van der Waals surface area contributed by atoms with Gasteiger partial charge in [-0.05, 0) is 42.0 Å². The van der Waals surface area contributed by atoms with Crippen molar-refractivity contribution >= 4 is 34.0 Å². The fourth-order valence-corrected chi connectivity index (χ4v) is 3.33. The maximum absolute atomic E-state index is 13.8. The molecule has 0 bridgehead atoms. The highest BCUT2D eigenvalue weighted by molar-refractivity contribution is 7.83. The van der Waals surface area contributed by atoms with Gasteiger partial charge in [-0.2, -0.15) is 5.10 Å². The average molecular weight is 392 g/mol. The number of aromatic nitrogens is 2. The molecule has 2 aromatic carbocycles. The Labute approximate surface area is 157 Å². The molecule has 8 heteroatoms. The average Bonchev–Trinajstić information content (AvgIpc) is 3.08. The summed E-state index contributed by atoms with van der Waals surface area (Å²) in [7, 11) is -1.05. The van der Waals surface area contributed by atoms with Gasteiger partial charge in [-0.3, -0.25) is 9.00 Å². The molecule has 1 N–H and O–H groups in total. The zero-order valence-corrected chi connectivity index (χ0v) is 15.4. The van der Waals surface area contributed by atoms with Gasteiger partial charge in [0.15, 0.2) is 5.69 Å². The number of para-hydroxylation sites is 1. The van der Waals surface area contributed by atoms with Crippen LogP contribution in [0.25, 0.3) is 5.69 Å². The minimum Gasteiger partial charge on any atom is -0.321 e. The topological polar surface area (TPSA) is 64.0 Å². The maximum atomic E-state index is 13.8. The molecule has 1 unspecified atom stereocenters. The maximum Gasteiger partial charge on any atom is 0.276 e. The van der Waals surface area contributed by atoms with E-state index in [4.69, 9.17) is 11.6 Å². The lowest BCUT2D eigenvalue weighted by atomic mass is 10.2. The van der Waals surface area contributed by atoms with Gasteiger partial charge >= 0.3 is 0 Å². The Balaban J connectivity index is 1.79. The Morgan fingerprint density at radius 1 is 1.27 bits per heavy atom. The van der Waals surface area contributed by atoms with E-state index < -0.39 is 22.5 Å². The van der Waals surface area contributed by atoms with Crippen molar-refractivity contribution in [2.24, 2.45) is 0 Å². The molecule has 0 radical (unpaired) electrons. The van der Waals surface area contributed by atoms with Crippen LogP contribution in [0.3, 0.4) is 0 Å². The summed E-state index contributed by atoms with van der Waals surface area (Å²) in [6.07, 6.45) is 3.10. The fraction of sp³-hybridized carbons (Fsp3) is 0.111. The van der Waals surface area contributed by atoms with E-state index >= 15 is 0 Å². The van der Waals surface area contributed by atoms with Gasteiger partial charge in [0.05, 0.1) is 0 Å². The van der Waals surface area contributed by atoms with Crippen molar-refractivity contribution in [2.75, 3.05) is 11.6 Å². The van der Waals surface area contributed by atoms with Gasteiger partial charge in [-0.25, -0.2) is 9.07 Å². The Bertz CT molecular complexity index is 990. The van der Waals surface area contributed by atoms with Crippen molar-refractivity contribution in [3.05, 3.63) is 76.8 Å². The highest BCUT2D eigenvalue weighted by atomic mass is 35.5. The smallest absolute Gasteiger partial charge is 0.276 e. The van der Waals surface area contributed by atoms with Gasteiger partial charge in [0, 0.05) is 39.7 Å². The molecular weight excluding hydrogens is 377 g/mol. The first kappa shape index (κ1) is 18.3. The van der Waals surface area contributed by atoms with Crippen LogP contribution in [-0.2, 0) is 16.6 Å². The Hall–Kier alpha value is -2.51. The summed E-state index contributed by atoms with van der Waals surface area (Å²) in [5.74, 6) is -0.576. The van der Waals surface area contributed by atoms with E-state index in [9.17, 15) is 13.4 Å². The Morgan fingerprint density at radius 2 is 2.04 bits per heavy atom. The number of anilines is 1. The van der Waals surface area contributed by atoms with E-state index in [1.54, 1.807) is 42.7 Å². The highest BCUT2D eigenvalue weighted by Crippen LogP contribution is 2.22. The summed E-state index contributed by atoms with van der Waals surface area (Å²) in [5, 5.41) is 7.32. The third kappa shape index (κ3) is 4.17. The minimum absolute atomic E-state index is 0.142. The van der Waals surface area contributed by atoms with Crippen molar-refractivity contribution < 1.29 is 13.4 Å². The molecule has 1 atom stereocenters. The zero-order chi connectivity index (χ0) is 18.7. The molecule has 3 rings (SSSR count). The summed E-state index contributed by atoms with van der Waals surface area (Å²) in [6, 6.07) is 12.6. The summed E-state index contributed by atoms with van der Waals surface area (Å²) in [6.45, 7) is 0. The molecule has 134 valence electrons. The number of amides is 1. The SMILES string of the molecule is CS(=O)Cc1cc(NC(=O)c2ccn(-c3ccccc3F)n2)ccc1Cl. The van der Waals surface area contributed by atoms with Crippen molar-refractivity contribution in [2.45, 2.75) is 5.75 Å². The number of hydrogen-bond donors (Lipinski definition) is 1. The van der Waals surface area contributed by atoms with E-state index in [0.717, 1.165) is 0 Å². The van der Waals surface area contributed by atoms with Gasteiger partial charge in [-0.15, -0.1) is 0 Å². The van der Waals surface area contributed by atoms with Crippen LogP contribution in [0, 0.1) is 5.82 Å². The van der Waals surface area contributed by atoms with Crippen LogP contribution in [-0.4, -0.2) is 26.2 Å². The van der Waals surface area contributed by atoms with Gasteiger partial charge in [-0.1, -0.05) is 23.7 Å². The second-order valence-corrected chi connectivity index (χ2v) is 7.42. The largest absolute Gasteiger partial charge is 0.321 e. The van der Waals surface area contributed by atoms with E-state index in [0.29, 0.717) is 22.0 Å². The molecule has 26 heavy (non-hydrogen) atoms. The molecule has 5 nitrogen and oxygen atoms in total. The summed E-state index contributed by atoms with van der Waals surface area (Å²) in [5.41, 5.74) is 1.59. The highest BCUT2D eigenvalue weighted by Gasteiger charge is 2.13. The molecule has 0 fully saturated rings. The van der Waals surface area contributed by atoms with Crippen molar-refractivity contribution in [3.8, 4) is 5.69 Å². The molecule has 0 saturated heterocycles. The lowest BCUT2D eigenvalue weighted by Crippen LogP contribution is -2.13. The molecule has 1 aromatic heterocycles. The van der Waals surface area contributed by atoms with Crippen LogP contribution in [0.1, 0.15) is 16.1 Å². The monoisotopic (exact) mass is 391 g/mol. The normalized spacial score (nSPS) is 12.0. The molecule has 0 aliphatic carbocycles. The van der Waals surface area contributed by atoms with Crippen LogP contribution in [0.5, 0.6) is 0 Å². The van der Waals surface area contributed by atoms with Crippen LogP contribution < -0.4 is 5.32 Å². The third-order valence-electron chi connectivity index (χ3n) is 3.58. The quantitative estimate of drug-likeness (QED) is 0.719. The van der Waals surface area contributed by atoms with Gasteiger partial charge in [0.2, 0.25) is 0 Å². The number of benzene rings is 2. The van der Waals surface area contributed by atoms with Gasteiger partial charge in [0.25, 0.3) is 5.91 Å². The number of nitrogens with one attached hydrogen (secondary N) is 1. The number of halogens is 2. The standard InChI is InChI=1S/C18H15ClFN3O2S/c1-26(25)11-12-10-13(6-7-14(12)19)21-18(24)16-8-9-23(22-16)17-5-3-2-4-15(17)20/h2-10H,11H2,1H3,(H,21,24). The number of rotatable bonds is 5. The van der Waals surface area contributed by atoms with E-state index in [1.165, 1.54) is 23.0 Å².